The van der Waals surface area contributed by atoms with Gasteiger partial charge in [-0.05, 0) is 44.6 Å². The van der Waals surface area contributed by atoms with Gasteiger partial charge >= 0.3 is 0 Å². The molecule has 1 N–H and O–H groups in total. The largest absolute Gasteiger partial charge is 0.382 e. The first kappa shape index (κ1) is 15.2. The Hall–Kier alpha value is -1.70. The fourth-order valence-electron chi connectivity index (χ4n) is 2.89. The molecule has 2 aromatic rings. The molecule has 1 aliphatic heterocycles. The molecule has 0 unspecified atom stereocenters. The summed E-state index contributed by atoms with van der Waals surface area (Å²) in [6.45, 7) is 4.79. The smallest absolute Gasteiger partial charge is 0.200 e. The zero-order chi connectivity index (χ0) is 15.7. The molecule has 8 heteroatoms. The number of aromatic nitrogens is 4. The summed E-state index contributed by atoms with van der Waals surface area (Å²) in [7, 11) is -2.78. The van der Waals surface area contributed by atoms with Gasteiger partial charge < -0.3 is 5.32 Å². The van der Waals surface area contributed by atoms with Crippen molar-refractivity contribution in [3.8, 4) is 0 Å². The van der Waals surface area contributed by atoms with Gasteiger partial charge in [0.15, 0.2) is 0 Å². The third-order valence-corrected chi connectivity index (χ3v) is 6.17. The van der Waals surface area contributed by atoms with E-state index in [4.69, 9.17) is 0 Å². The first-order chi connectivity index (χ1) is 10.5. The SMILES string of the molecule is Cc1nn2cnnc2c(NCCC2CCS(=O)(=O)CC2)c1C. The molecule has 1 fully saturated rings. The molecule has 0 spiro atoms. The summed E-state index contributed by atoms with van der Waals surface area (Å²) < 4.78 is 24.6. The number of hydrogen-bond acceptors (Lipinski definition) is 6. The second kappa shape index (κ2) is 5.83. The van der Waals surface area contributed by atoms with Crippen LogP contribution < -0.4 is 5.32 Å². The maximum atomic E-state index is 11.4. The fraction of sp³-hybridized carbons (Fsp3) is 0.643. The van der Waals surface area contributed by atoms with Crippen molar-refractivity contribution in [2.24, 2.45) is 5.92 Å². The van der Waals surface area contributed by atoms with Gasteiger partial charge in [-0.2, -0.15) is 9.61 Å². The van der Waals surface area contributed by atoms with Crippen molar-refractivity contribution in [2.75, 3.05) is 23.4 Å². The highest BCUT2D eigenvalue weighted by atomic mass is 32.2. The van der Waals surface area contributed by atoms with Crippen molar-refractivity contribution in [3.63, 3.8) is 0 Å². The monoisotopic (exact) mass is 323 g/mol. The lowest BCUT2D eigenvalue weighted by Gasteiger charge is -2.22. The Bertz CT molecular complexity index is 770. The first-order valence-electron chi connectivity index (χ1n) is 7.58. The second-order valence-corrected chi connectivity index (χ2v) is 8.30. The molecule has 3 heterocycles. The van der Waals surface area contributed by atoms with Gasteiger partial charge in [0.25, 0.3) is 0 Å². The zero-order valence-electron chi connectivity index (χ0n) is 12.9. The van der Waals surface area contributed by atoms with Crippen LogP contribution in [0, 0.1) is 19.8 Å². The molecule has 0 radical (unpaired) electrons. The third kappa shape index (κ3) is 3.06. The predicted molar refractivity (Wildman–Crippen MR) is 84.7 cm³/mol. The standard InChI is InChI=1S/C14H21N5O2S/c1-10-11(2)18-19-9-16-17-14(19)13(10)15-6-3-12-4-7-22(20,21)8-5-12/h9,12,15H,3-8H2,1-2H3. The van der Waals surface area contributed by atoms with Crippen LogP contribution in [0.15, 0.2) is 6.33 Å². The molecule has 1 saturated heterocycles. The Morgan fingerprint density at radius 2 is 2.05 bits per heavy atom. The summed E-state index contributed by atoms with van der Waals surface area (Å²) >= 11 is 0. The fourth-order valence-corrected chi connectivity index (χ4v) is 4.48. The molecule has 1 aliphatic rings. The Kier molecular flexibility index (Phi) is 4.03. The van der Waals surface area contributed by atoms with Gasteiger partial charge in [0.05, 0.1) is 22.9 Å². The van der Waals surface area contributed by atoms with Gasteiger partial charge in [-0.1, -0.05) is 0 Å². The highest BCUT2D eigenvalue weighted by Gasteiger charge is 2.23. The van der Waals surface area contributed by atoms with Gasteiger partial charge in [0.1, 0.15) is 16.2 Å². The minimum atomic E-state index is -2.78. The van der Waals surface area contributed by atoms with E-state index in [1.807, 2.05) is 13.8 Å². The topological polar surface area (TPSA) is 89.2 Å². The lowest BCUT2D eigenvalue weighted by molar-refractivity contribution is 0.445. The van der Waals surface area contributed by atoms with Crippen molar-refractivity contribution in [2.45, 2.75) is 33.1 Å². The Morgan fingerprint density at radius 1 is 1.32 bits per heavy atom. The Balaban J connectivity index is 1.65. The first-order valence-corrected chi connectivity index (χ1v) is 9.40. The van der Waals surface area contributed by atoms with E-state index >= 15 is 0 Å². The van der Waals surface area contributed by atoms with Crippen LogP contribution in [0.5, 0.6) is 0 Å². The average Bonchev–Trinajstić information content (AvgIpc) is 2.92. The van der Waals surface area contributed by atoms with Crippen LogP contribution >= 0.6 is 0 Å². The van der Waals surface area contributed by atoms with Crippen molar-refractivity contribution in [1.82, 2.24) is 19.8 Å². The lowest BCUT2D eigenvalue weighted by atomic mass is 9.99. The molecule has 2 aromatic heterocycles. The number of fused-ring (bicyclic) bond motifs is 1. The van der Waals surface area contributed by atoms with Gasteiger partial charge in [0.2, 0.25) is 5.65 Å². The van der Waals surface area contributed by atoms with Crippen LogP contribution in [-0.2, 0) is 9.84 Å². The molecule has 0 saturated carbocycles. The van der Waals surface area contributed by atoms with Crippen molar-refractivity contribution in [3.05, 3.63) is 17.6 Å². The summed E-state index contributed by atoms with van der Waals surface area (Å²) in [6.07, 6.45) is 4.12. The molecule has 120 valence electrons. The molecule has 0 amide bonds. The molecule has 0 aromatic carbocycles. The van der Waals surface area contributed by atoms with E-state index in [1.165, 1.54) is 0 Å². The minimum Gasteiger partial charge on any atom is -0.382 e. The average molecular weight is 323 g/mol. The molecule has 3 rings (SSSR count). The number of nitrogens with one attached hydrogen (secondary N) is 1. The Morgan fingerprint density at radius 3 is 2.77 bits per heavy atom. The van der Waals surface area contributed by atoms with E-state index in [0.717, 1.165) is 48.4 Å². The number of anilines is 1. The van der Waals surface area contributed by atoms with E-state index in [0.29, 0.717) is 17.4 Å². The molecule has 0 bridgehead atoms. The Labute approximate surface area is 130 Å². The van der Waals surface area contributed by atoms with E-state index in [9.17, 15) is 8.42 Å². The summed E-state index contributed by atoms with van der Waals surface area (Å²) in [6, 6.07) is 0. The highest BCUT2D eigenvalue weighted by molar-refractivity contribution is 7.91. The summed E-state index contributed by atoms with van der Waals surface area (Å²) in [5, 5.41) is 15.8. The third-order valence-electron chi connectivity index (χ3n) is 4.46. The summed E-state index contributed by atoms with van der Waals surface area (Å²) in [4.78, 5) is 0. The number of nitrogens with zero attached hydrogens (tertiary/aromatic N) is 4. The van der Waals surface area contributed by atoms with Crippen LogP contribution in [0.25, 0.3) is 5.65 Å². The molecular formula is C14H21N5O2S. The van der Waals surface area contributed by atoms with Crippen LogP contribution in [0.2, 0.25) is 0 Å². The lowest BCUT2D eigenvalue weighted by Crippen LogP contribution is -2.24. The van der Waals surface area contributed by atoms with Gasteiger partial charge in [-0.3, -0.25) is 0 Å². The molecule has 0 atom stereocenters. The normalized spacial score (nSPS) is 18.6. The van der Waals surface area contributed by atoms with Gasteiger partial charge in [-0.15, -0.1) is 10.2 Å². The van der Waals surface area contributed by atoms with Crippen molar-refractivity contribution < 1.29 is 8.42 Å². The van der Waals surface area contributed by atoms with E-state index in [-0.39, 0.29) is 0 Å². The molecule has 22 heavy (non-hydrogen) atoms. The maximum Gasteiger partial charge on any atom is 0.200 e. The van der Waals surface area contributed by atoms with Crippen LogP contribution in [0.4, 0.5) is 5.69 Å². The summed E-state index contributed by atoms with van der Waals surface area (Å²) in [5.41, 5.74) is 3.72. The number of rotatable bonds is 4. The molecule has 0 aliphatic carbocycles. The van der Waals surface area contributed by atoms with Crippen LogP contribution in [0.1, 0.15) is 30.5 Å². The number of hydrogen-bond donors (Lipinski definition) is 1. The van der Waals surface area contributed by atoms with E-state index < -0.39 is 9.84 Å². The highest BCUT2D eigenvalue weighted by Crippen LogP contribution is 2.24. The maximum absolute atomic E-state index is 11.4. The van der Waals surface area contributed by atoms with Crippen molar-refractivity contribution >= 4 is 21.2 Å². The number of sulfone groups is 1. The second-order valence-electron chi connectivity index (χ2n) is 6.00. The quantitative estimate of drug-likeness (QED) is 0.914. The van der Waals surface area contributed by atoms with Gasteiger partial charge in [0, 0.05) is 6.54 Å². The zero-order valence-corrected chi connectivity index (χ0v) is 13.7. The minimum absolute atomic E-state index is 0.333. The van der Waals surface area contributed by atoms with Crippen LogP contribution in [-0.4, -0.2) is 46.3 Å². The molecular weight excluding hydrogens is 302 g/mol. The van der Waals surface area contributed by atoms with Crippen LogP contribution in [0.3, 0.4) is 0 Å². The van der Waals surface area contributed by atoms with Gasteiger partial charge in [-0.25, -0.2) is 8.42 Å². The van der Waals surface area contributed by atoms with E-state index in [2.05, 4.69) is 20.6 Å². The molecule has 7 nitrogen and oxygen atoms in total. The predicted octanol–water partition coefficient (Wildman–Crippen LogP) is 1.37. The van der Waals surface area contributed by atoms with Crippen molar-refractivity contribution in [1.29, 1.82) is 0 Å². The number of aryl methyl sites for hydroxylation is 1. The summed E-state index contributed by atoms with van der Waals surface area (Å²) in [5.74, 6) is 1.15. The van der Waals surface area contributed by atoms with E-state index in [1.54, 1.807) is 10.8 Å².